The molecule has 1 aromatic carbocycles. The van der Waals surface area contributed by atoms with Gasteiger partial charge < -0.3 is 20.1 Å². The van der Waals surface area contributed by atoms with E-state index in [2.05, 4.69) is 5.32 Å². The molecule has 0 spiro atoms. The molecule has 0 bridgehead atoms. The van der Waals surface area contributed by atoms with Gasteiger partial charge in [0.25, 0.3) is 0 Å². The molecule has 1 aliphatic rings. The number of aliphatic carboxylic acids is 1. The molecule has 1 fully saturated rings. The van der Waals surface area contributed by atoms with E-state index in [9.17, 15) is 9.59 Å². The van der Waals surface area contributed by atoms with Gasteiger partial charge in [-0.1, -0.05) is 18.2 Å². The summed E-state index contributed by atoms with van der Waals surface area (Å²) in [5, 5.41) is 11.9. The molecule has 6 nitrogen and oxygen atoms in total. The van der Waals surface area contributed by atoms with Crippen molar-refractivity contribution in [3.8, 4) is 5.75 Å². The third-order valence-electron chi connectivity index (χ3n) is 3.67. The molecular weight excluding hydrogens is 272 g/mol. The fourth-order valence-corrected chi connectivity index (χ4v) is 2.26. The Bertz CT molecular complexity index is 506. The molecule has 0 radical (unpaired) electrons. The highest BCUT2D eigenvalue weighted by Crippen LogP contribution is 2.29. The Morgan fingerprint density at radius 3 is 2.71 bits per heavy atom. The minimum atomic E-state index is -0.856. The number of benzene rings is 1. The van der Waals surface area contributed by atoms with Crippen LogP contribution in [0.1, 0.15) is 13.3 Å². The summed E-state index contributed by atoms with van der Waals surface area (Å²) in [6.07, 6.45) is 0.482. The van der Waals surface area contributed by atoms with E-state index >= 15 is 0 Å². The number of likely N-dealkylation sites (tertiary alicyclic amines) is 1. The van der Waals surface area contributed by atoms with E-state index < -0.39 is 11.4 Å². The number of nitrogens with one attached hydrogen (secondary N) is 1. The van der Waals surface area contributed by atoms with Crippen molar-refractivity contribution in [2.75, 3.05) is 26.2 Å². The van der Waals surface area contributed by atoms with Crippen molar-refractivity contribution in [3.63, 3.8) is 0 Å². The molecule has 1 saturated heterocycles. The Hall–Kier alpha value is -2.24. The second-order valence-electron chi connectivity index (χ2n) is 5.43. The number of nitrogens with zero attached hydrogens (tertiary/aromatic N) is 1. The molecule has 2 N–H and O–H groups in total. The van der Waals surface area contributed by atoms with Gasteiger partial charge in [0.1, 0.15) is 12.4 Å². The minimum absolute atomic E-state index is 0.239. The number of carboxylic acid groups (broad SMARTS) is 1. The van der Waals surface area contributed by atoms with Crippen molar-refractivity contribution in [2.45, 2.75) is 13.3 Å². The van der Waals surface area contributed by atoms with Crippen molar-refractivity contribution in [2.24, 2.45) is 5.41 Å². The quantitative estimate of drug-likeness (QED) is 0.807. The van der Waals surface area contributed by atoms with E-state index in [0.717, 1.165) is 5.75 Å². The number of carbonyl (C=O) groups is 2. The van der Waals surface area contributed by atoms with Gasteiger partial charge in [0.05, 0.1) is 12.0 Å². The highest BCUT2D eigenvalue weighted by Gasteiger charge is 2.42. The first-order valence-corrected chi connectivity index (χ1v) is 6.95. The molecule has 1 aliphatic heterocycles. The predicted molar refractivity (Wildman–Crippen MR) is 77.3 cm³/mol. The van der Waals surface area contributed by atoms with E-state index in [4.69, 9.17) is 9.84 Å². The first kappa shape index (κ1) is 15.2. The molecule has 1 heterocycles. The van der Waals surface area contributed by atoms with Crippen molar-refractivity contribution in [1.29, 1.82) is 0 Å². The number of carboxylic acids is 1. The highest BCUT2D eigenvalue weighted by molar-refractivity contribution is 5.79. The molecule has 6 heteroatoms. The van der Waals surface area contributed by atoms with Gasteiger partial charge in [0.15, 0.2) is 0 Å². The van der Waals surface area contributed by atoms with E-state index in [1.54, 1.807) is 6.92 Å². The van der Waals surface area contributed by atoms with Crippen LogP contribution in [-0.4, -0.2) is 48.2 Å². The Morgan fingerprint density at radius 2 is 2.10 bits per heavy atom. The molecule has 0 saturated carbocycles. The monoisotopic (exact) mass is 292 g/mol. The van der Waals surface area contributed by atoms with Crippen LogP contribution in [0.25, 0.3) is 0 Å². The minimum Gasteiger partial charge on any atom is -0.492 e. The van der Waals surface area contributed by atoms with Crippen LogP contribution in [0.15, 0.2) is 30.3 Å². The lowest BCUT2D eigenvalue weighted by Gasteiger charge is -2.20. The Morgan fingerprint density at radius 1 is 1.38 bits per heavy atom. The smallest absolute Gasteiger partial charge is 0.317 e. The molecule has 2 amide bonds. The van der Waals surface area contributed by atoms with Crippen LogP contribution in [0.2, 0.25) is 0 Å². The van der Waals surface area contributed by atoms with E-state index in [-0.39, 0.29) is 12.6 Å². The Labute approximate surface area is 123 Å². The summed E-state index contributed by atoms with van der Waals surface area (Å²) in [6, 6.07) is 9.12. The summed E-state index contributed by atoms with van der Waals surface area (Å²) in [4.78, 5) is 24.6. The van der Waals surface area contributed by atoms with E-state index in [1.807, 2.05) is 30.3 Å². The van der Waals surface area contributed by atoms with Crippen LogP contribution < -0.4 is 10.1 Å². The lowest BCUT2D eigenvalue weighted by Crippen LogP contribution is -2.42. The van der Waals surface area contributed by atoms with Gasteiger partial charge in [-0.05, 0) is 25.5 Å². The number of hydrogen-bond acceptors (Lipinski definition) is 3. The van der Waals surface area contributed by atoms with Crippen LogP contribution in [-0.2, 0) is 4.79 Å². The second-order valence-corrected chi connectivity index (χ2v) is 5.43. The van der Waals surface area contributed by atoms with Crippen molar-refractivity contribution in [3.05, 3.63) is 30.3 Å². The topological polar surface area (TPSA) is 78.9 Å². The van der Waals surface area contributed by atoms with Crippen LogP contribution in [0.4, 0.5) is 4.79 Å². The standard InChI is InChI=1S/C15H20N2O4/c1-15(13(18)19)7-9-17(11-15)14(20)16-8-10-21-12-5-3-2-4-6-12/h2-6H,7-11H2,1H3,(H,16,20)(H,18,19). The lowest BCUT2D eigenvalue weighted by atomic mass is 9.90. The zero-order valence-electron chi connectivity index (χ0n) is 12.0. The van der Waals surface area contributed by atoms with Gasteiger partial charge in [-0.15, -0.1) is 0 Å². The first-order valence-electron chi connectivity index (χ1n) is 6.95. The van der Waals surface area contributed by atoms with Gasteiger partial charge in [-0.2, -0.15) is 0 Å². The third kappa shape index (κ3) is 3.87. The summed E-state index contributed by atoms with van der Waals surface area (Å²) in [5.74, 6) is -0.100. The van der Waals surface area contributed by atoms with Gasteiger partial charge in [-0.25, -0.2) is 4.79 Å². The molecule has 0 aromatic heterocycles. The molecule has 0 aliphatic carbocycles. The first-order chi connectivity index (χ1) is 10.0. The van der Waals surface area contributed by atoms with Gasteiger partial charge >= 0.3 is 12.0 Å². The van der Waals surface area contributed by atoms with E-state index in [1.165, 1.54) is 4.90 Å². The molecule has 114 valence electrons. The summed E-state index contributed by atoms with van der Waals surface area (Å²) in [7, 11) is 0. The maximum absolute atomic E-state index is 11.9. The van der Waals surface area contributed by atoms with Crippen LogP contribution in [0, 0.1) is 5.41 Å². The normalized spacial score (nSPS) is 21.1. The zero-order valence-corrected chi connectivity index (χ0v) is 12.0. The number of amides is 2. The fraction of sp³-hybridized carbons (Fsp3) is 0.467. The average Bonchev–Trinajstić information content (AvgIpc) is 2.89. The number of para-hydroxylation sites is 1. The predicted octanol–water partition coefficient (Wildman–Crippen LogP) is 1.57. The maximum atomic E-state index is 11.9. The molecule has 1 atom stereocenters. The Balaban J connectivity index is 1.70. The van der Waals surface area contributed by atoms with Gasteiger partial charge in [0, 0.05) is 13.1 Å². The fourth-order valence-electron chi connectivity index (χ4n) is 2.26. The second kappa shape index (κ2) is 6.47. The summed E-state index contributed by atoms with van der Waals surface area (Å²) < 4.78 is 5.47. The largest absolute Gasteiger partial charge is 0.492 e. The highest BCUT2D eigenvalue weighted by atomic mass is 16.5. The van der Waals surface area contributed by atoms with Crippen molar-refractivity contribution in [1.82, 2.24) is 10.2 Å². The SMILES string of the molecule is CC1(C(=O)O)CCN(C(=O)NCCOc2ccccc2)C1. The number of ether oxygens (including phenoxy) is 1. The molecule has 1 aromatic rings. The van der Waals surface area contributed by atoms with Gasteiger partial charge in [0.2, 0.25) is 0 Å². The van der Waals surface area contributed by atoms with Crippen LogP contribution in [0.5, 0.6) is 5.75 Å². The van der Waals surface area contributed by atoms with Crippen LogP contribution >= 0.6 is 0 Å². The number of rotatable bonds is 5. The van der Waals surface area contributed by atoms with Gasteiger partial charge in [-0.3, -0.25) is 4.79 Å². The van der Waals surface area contributed by atoms with Crippen molar-refractivity contribution < 1.29 is 19.4 Å². The molecular formula is C15H20N2O4. The summed E-state index contributed by atoms with van der Waals surface area (Å²) >= 11 is 0. The molecule has 1 unspecified atom stereocenters. The summed E-state index contributed by atoms with van der Waals surface area (Å²) in [5.41, 5.74) is -0.835. The van der Waals surface area contributed by atoms with E-state index in [0.29, 0.717) is 26.1 Å². The molecule has 21 heavy (non-hydrogen) atoms. The van der Waals surface area contributed by atoms with Crippen molar-refractivity contribution >= 4 is 12.0 Å². The zero-order chi connectivity index (χ0) is 15.3. The average molecular weight is 292 g/mol. The van der Waals surface area contributed by atoms with Crippen LogP contribution in [0.3, 0.4) is 0 Å². The Kier molecular flexibility index (Phi) is 4.67. The molecule has 2 rings (SSSR count). The number of carbonyl (C=O) groups excluding carboxylic acids is 1. The summed E-state index contributed by atoms with van der Waals surface area (Å²) in [6.45, 7) is 3.14. The lowest BCUT2D eigenvalue weighted by molar-refractivity contribution is -0.146. The number of urea groups is 1. The maximum Gasteiger partial charge on any atom is 0.317 e. The number of hydrogen-bond donors (Lipinski definition) is 2. The third-order valence-corrected chi connectivity index (χ3v) is 3.67.